The van der Waals surface area contributed by atoms with Gasteiger partial charge in [-0.1, -0.05) is 65.5 Å². The smallest absolute Gasteiger partial charge is 0.407 e. The summed E-state index contributed by atoms with van der Waals surface area (Å²) in [4.78, 5) is 24.3. The number of allylic oxidation sites excluding steroid dienone is 1. The Balaban J connectivity index is 1.04. The van der Waals surface area contributed by atoms with Crippen LogP contribution < -0.4 is 5.32 Å². The topological polar surface area (TPSA) is 102 Å². The molecular weight excluding hydrogens is 658 g/mol. The molecule has 9 heteroatoms. The van der Waals surface area contributed by atoms with E-state index in [9.17, 15) is 9.59 Å². The minimum atomic E-state index is -0.513. The maximum atomic E-state index is 12.7. The van der Waals surface area contributed by atoms with Crippen molar-refractivity contribution in [2.45, 2.75) is 144 Å². The number of carbonyl (C=O) groups is 2. The quantitative estimate of drug-likeness (QED) is 0.0709. The van der Waals surface area contributed by atoms with Crippen LogP contribution in [0, 0.1) is 46.3 Å². The summed E-state index contributed by atoms with van der Waals surface area (Å²) in [5, 5.41) is 2.65. The molecule has 9 nitrogen and oxygen atoms in total. The van der Waals surface area contributed by atoms with Gasteiger partial charge in [0.1, 0.15) is 11.7 Å². The highest BCUT2D eigenvalue weighted by molar-refractivity contribution is 5.69. The number of nitrogens with one attached hydrogen (secondary N) is 1. The average Bonchev–Trinajstić information content (AvgIpc) is 3.43. The van der Waals surface area contributed by atoms with Crippen LogP contribution in [-0.2, 0) is 33.2 Å². The first-order valence-electron chi connectivity index (χ1n) is 20.9. The molecule has 0 heterocycles. The zero-order valence-electron chi connectivity index (χ0n) is 34.2. The number of ether oxygens (including phenoxy) is 6. The molecule has 0 aromatic heterocycles. The van der Waals surface area contributed by atoms with E-state index in [2.05, 4.69) is 46.0 Å². The fourth-order valence-corrected chi connectivity index (χ4v) is 10.5. The van der Waals surface area contributed by atoms with Gasteiger partial charge in [-0.15, -0.1) is 0 Å². The Morgan fingerprint density at radius 2 is 1.48 bits per heavy atom. The van der Waals surface area contributed by atoms with Crippen molar-refractivity contribution >= 4 is 12.1 Å². The predicted molar refractivity (Wildman–Crippen MR) is 205 cm³/mol. The summed E-state index contributed by atoms with van der Waals surface area (Å²) in [6.45, 7) is 21.8. The lowest BCUT2D eigenvalue weighted by Gasteiger charge is -2.58. The van der Waals surface area contributed by atoms with Gasteiger partial charge >= 0.3 is 12.1 Å². The molecule has 0 spiro atoms. The van der Waals surface area contributed by atoms with Crippen molar-refractivity contribution in [1.82, 2.24) is 5.32 Å². The number of hydrogen-bond acceptors (Lipinski definition) is 8. The number of alkyl carbamates (subject to hydrolysis) is 1. The number of hydrogen-bond donors (Lipinski definition) is 1. The molecule has 1 N–H and O–H groups in total. The average molecular weight is 734 g/mol. The van der Waals surface area contributed by atoms with Crippen LogP contribution in [0.4, 0.5) is 4.79 Å². The minimum absolute atomic E-state index is 0.0117. The molecule has 0 aromatic rings. The molecule has 0 aromatic carbocycles. The fraction of sp³-hybridized carbons (Fsp3) is 0.907. The molecule has 3 fully saturated rings. The van der Waals surface area contributed by atoms with E-state index < -0.39 is 11.7 Å². The third-order valence-electron chi connectivity index (χ3n) is 13.0. The zero-order chi connectivity index (χ0) is 37.8. The summed E-state index contributed by atoms with van der Waals surface area (Å²) >= 11 is 0. The summed E-state index contributed by atoms with van der Waals surface area (Å²) in [5.74, 6) is 4.85. The molecule has 1 unspecified atom stereocenters. The van der Waals surface area contributed by atoms with Crippen LogP contribution in [0.5, 0.6) is 0 Å². The molecule has 3 saturated carbocycles. The van der Waals surface area contributed by atoms with Gasteiger partial charge in [-0.2, -0.15) is 0 Å². The number of amides is 1. The second-order valence-corrected chi connectivity index (χ2v) is 18.3. The predicted octanol–water partition coefficient (Wildman–Crippen LogP) is 8.92. The normalized spacial score (nSPS) is 30.6. The van der Waals surface area contributed by atoms with E-state index in [1.54, 1.807) is 5.57 Å². The van der Waals surface area contributed by atoms with Crippen molar-refractivity contribution in [3.8, 4) is 0 Å². The standard InChI is InChI=1S/C43H75NO8/c1-31(2)10-9-11-32(3)36-14-15-37-35-13-12-33-30-34(16-19-42(33,7)38(35)17-20-43(36,37)8)51-39(45)18-22-47-24-26-49-28-29-50-27-25-48-23-21-44-40(46)52-41(4,5)6/h12,31-32,34-38H,9-11,13-30H2,1-8H3,(H,44,46)/t32-,34?,35+,36-,37+,38+,42+,43-/m1/s1. The van der Waals surface area contributed by atoms with E-state index in [0.29, 0.717) is 64.8 Å². The van der Waals surface area contributed by atoms with Crippen molar-refractivity contribution in [3.63, 3.8) is 0 Å². The summed E-state index contributed by atoms with van der Waals surface area (Å²) < 4.78 is 33.3. The summed E-state index contributed by atoms with van der Waals surface area (Å²) in [5.41, 5.74) is 1.83. The second kappa shape index (κ2) is 20.3. The van der Waals surface area contributed by atoms with Crippen LogP contribution in [0.25, 0.3) is 0 Å². The van der Waals surface area contributed by atoms with E-state index in [1.807, 2.05) is 20.8 Å². The SMILES string of the molecule is CC(C)CCC[C@@H](C)[C@H]1CC[C@H]2[C@@H]3CC=C4CC(OC(=O)CCOCCOCCOCCOCCNC(=O)OC(C)(C)C)CC[C@]4(C)[C@H]3CC[C@]12C. The Kier molecular flexibility index (Phi) is 16.8. The third kappa shape index (κ3) is 12.4. The lowest BCUT2D eigenvalue weighted by molar-refractivity contribution is -0.152. The fourth-order valence-electron chi connectivity index (χ4n) is 10.5. The molecule has 0 saturated heterocycles. The number of fused-ring (bicyclic) bond motifs is 5. The maximum Gasteiger partial charge on any atom is 0.407 e. The van der Waals surface area contributed by atoms with Crippen LogP contribution in [0.1, 0.15) is 132 Å². The van der Waals surface area contributed by atoms with Crippen molar-refractivity contribution in [2.75, 3.05) is 59.4 Å². The van der Waals surface area contributed by atoms with Gasteiger partial charge in [0.15, 0.2) is 0 Å². The van der Waals surface area contributed by atoms with Gasteiger partial charge in [0.2, 0.25) is 0 Å². The highest BCUT2D eigenvalue weighted by atomic mass is 16.6. The monoisotopic (exact) mass is 734 g/mol. The summed E-state index contributed by atoms with van der Waals surface area (Å²) in [6, 6.07) is 0. The number of esters is 1. The largest absolute Gasteiger partial charge is 0.462 e. The Bertz CT molecular complexity index is 1130. The first-order chi connectivity index (χ1) is 24.7. The molecule has 8 atom stereocenters. The molecule has 52 heavy (non-hydrogen) atoms. The number of rotatable bonds is 21. The van der Waals surface area contributed by atoms with Gasteiger partial charge in [-0.25, -0.2) is 4.79 Å². The Morgan fingerprint density at radius 3 is 2.13 bits per heavy atom. The first-order valence-corrected chi connectivity index (χ1v) is 20.9. The zero-order valence-corrected chi connectivity index (χ0v) is 34.2. The first kappa shape index (κ1) is 43.1. The molecule has 0 radical (unpaired) electrons. The summed E-state index contributed by atoms with van der Waals surface area (Å²) in [6.07, 6.45) is 16.4. The molecule has 4 aliphatic rings. The lowest BCUT2D eigenvalue weighted by Crippen LogP contribution is -2.51. The number of carbonyl (C=O) groups excluding carboxylic acids is 2. The lowest BCUT2D eigenvalue weighted by atomic mass is 9.47. The Hall–Kier alpha value is -1.68. The van der Waals surface area contributed by atoms with Crippen LogP contribution in [0.2, 0.25) is 0 Å². The molecule has 0 aliphatic heterocycles. The van der Waals surface area contributed by atoms with Crippen molar-refractivity contribution < 1.29 is 38.0 Å². The van der Waals surface area contributed by atoms with Gasteiger partial charge in [0.25, 0.3) is 0 Å². The maximum absolute atomic E-state index is 12.7. The van der Waals surface area contributed by atoms with Gasteiger partial charge in [0, 0.05) is 13.0 Å². The molecule has 300 valence electrons. The van der Waals surface area contributed by atoms with E-state index in [4.69, 9.17) is 28.4 Å². The Labute approximate surface area is 316 Å². The second-order valence-electron chi connectivity index (χ2n) is 18.3. The van der Waals surface area contributed by atoms with Gasteiger partial charge in [0.05, 0.1) is 59.3 Å². The van der Waals surface area contributed by atoms with E-state index >= 15 is 0 Å². The molecular formula is C43H75NO8. The minimum Gasteiger partial charge on any atom is -0.462 e. The molecule has 4 rings (SSSR count). The molecule has 4 aliphatic carbocycles. The van der Waals surface area contributed by atoms with Gasteiger partial charge in [-0.3, -0.25) is 4.79 Å². The van der Waals surface area contributed by atoms with Gasteiger partial charge < -0.3 is 33.7 Å². The van der Waals surface area contributed by atoms with Gasteiger partial charge in [-0.05, 0) is 112 Å². The Morgan fingerprint density at radius 1 is 0.827 bits per heavy atom. The van der Waals surface area contributed by atoms with Crippen LogP contribution in [0.3, 0.4) is 0 Å². The molecule has 1 amide bonds. The highest BCUT2D eigenvalue weighted by Gasteiger charge is 2.59. The molecule has 0 bridgehead atoms. The highest BCUT2D eigenvalue weighted by Crippen LogP contribution is 2.67. The van der Waals surface area contributed by atoms with E-state index in [-0.39, 0.29) is 23.9 Å². The van der Waals surface area contributed by atoms with Crippen molar-refractivity contribution in [3.05, 3.63) is 11.6 Å². The van der Waals surface area contributed by atoms with Crippen LogP contribution in [-0.4, -0.2) is 83.2 Å². The van der Waals surface area contributed by atoms with Crippen molar-refractivity contribution in [1.29, 1.82) is 0 Å². The van der Waals surface area contributed by atoms with E-state index in [1.165, 1.54) is 51.4 Å². The third-order valence-corrected chi connectivity index (χ3v) is 13.0. The van der Waals surface area contributed by atoms with Crippen LogP contribution >= 0.6 is 0 Å². The van der Waals surface area contributed by atoms with Crippen molar-refractivity contribution in [2.24, 2.45) is 46.3 Å². The summed E-state index contributed by atoms with van der Waals surface area (Å²) in [7, 11) is 0. The van der Waals surface area contributed by atoms with Crippen LogP contribution in [0.15, 0.2) is 11.6 Å². The van der Waals surface area contributed by atoms with E-state index in [0.717, 1.165) is 54.8 Å².